The van der Waals surface area contributed by atoms with Crippen LogP contribution in [0.25, 0.3) is 0 Å². The summed E-state index contributed by atoms with van der Waals surface area (Å²) >= 11 is 0. The van der Waals surface area contributed by atoms with Gasteiger partial charge in [-0.1, -0.05) is 12.1 Å². The largest absolute Gasteiger partial charge is 0.273 e. The van der Waals surface area contributed by atoms with Crippen LogP contribution in [0.1, 0.15) is 18.4 Å². The molecule has 1 heterocycles. The third-order valence-corrected chi connectivity index (χ3v) is 3.51. The zero-order valence-electron chi connectivity index (χ0n) is 12.0. The molecular formula is C16H9F5N2O. The average Bonchev–Trinajstić information content (AvgIpc) is 2.56. The highest BCUT2D eigenvalue weighted by molar-refractivity contribution is 6.08. The maximum Gasteiger partial charge on any atom is 0.247 e. The molecule has 0 saturated carbocycles. The molecule has 0 aliphatic carbocycles. The average molecular weight is 340 g/mol. The summed E-state index contributed by atoms with van der Waals surface area (Å²) in [4.78, 5) is 11.9. The first-order valence-electron chi connectivity index (χ1n) is 6.88. The van der Waals surface area contributed by atoms with Crippen molar-refractivity contribution in [1.82, 2.24) is 0 Å². The molecule has 0 N–H and O–H groups in total. The minimum atomic E-state index is -1.72. The van der Waals surface area contributed by atoms with Crippen LogP contribution in [0.2, 0.25) is 0 Å². The summed E-state index contributed by atoms with van der Waals surface area (Å²) in [7, 11) is 0. The molecule has 1 aliphatic heterocycles. The highest BCUT2D eigenvalue weighted by Gasteiger charge is 2.31. The molecule has 24 heavy (non-hydrogen) atoms. The second-order valence-electron chi connectivity index (χ2n) is 5.08. The number of carbonyl (C=O) groups excluding carboxylic acids is 1. The molecular weight excluding hydrogens is 331 g/mol. The van der Waals surface area contributed by atoms with E-state index in [4.69, 9.17) is 0 Å². The van der Waals surface area contributed by atoms with Crippen molar-refractivity contribution in [2.45, 2.75) is 12.8 Å². The van der Waals surface area contributed by atoms with Crippen molar-refractivity contribution < 1.29 is 26.7 Å². The van der Waals surface area contributed by atoms with Crippen molar-refractivity contribution in [2.75, 3.05) is 5.01 Å². The molecule has 0 atom stereocenters. The number of halogens is 5. The van der Waals surface area contributed by atoms with Gasteiger partial charge in [-0.25, -0.2) is 22.0 Å². The number of rotatable bonds is 2. The molecule has 1 aliphatic rings. The van der Waals surface area contributed by atoms with E-state index in [0.29, 0.717) is 10.6 Å². The van der Waals surface area contributed by atoms with E-state index in [2.05, 4.69) is 5.10 Å². The number of amides is 1. The fourth-order valence-corrected chi connectivity index (χ4v) is 2.32. The SMILES string of the molecule is O=C1CCC(c2ccc(F)cc2)=NN1c1c(F)c(F)cc(F)c1F. The molecule has 1 amide bonds. The van der Waals surface area contributed by atoms with Crippen LogP contribution >= 0.6 is 0 Å². The predicted molar refractivity (Wildman–Crippen MR) is 75.9 cm³/mol. The van der Waals surface area contributed by atoms with Gasteiger partial charge in [0.2, 0.25) is 5.91 Å². The van der Waals surface area contributed by atoms with E-state index < -0.39 is 40.7 Å². The lowest BCUT2D eigenvalue weighted by Crippen LogP contribution is -2.33. The lowest BCUT2D eigenvalue weighted by atomic mass is 10.0. The van der Waals surface area contributed by atoms with Gasteiger partial charge in [0, 0.05) is 18.9 Å². The lowest BCUT2D eigenvalue weighted by Gasteiger charge is -2.24. The lowest BCUT2D eigenvalue weighted by molar-refractivity contribution is -0.118. The van der Waals surface area contributed by atoms with Gasteiger partial charge in [0.05, 0.1) is 5.71 Å². The van der Waals surface area contributed by atoms with E-state index in [9.17, 15) is 26.7 Å². The Balaban J connectivity index is 2.11. The number of anilines is 1. The Morgan fingerprint density at radius 1 is 0.875 bits per heavy atom. The molecule has 0 saturated heterocycles. The number of benzene rings is 2. The van der Waals surface area contributed by atoms with E-state index in [0.717, 1.165) is 12.1 Å². The van der Waals surface area contributed by atoms with Crippen molar-refractivity contribution in [2.24, 2.45) is 5.10 Å². The van der Waals surface area contributed by atoms with Crippen LogP contribution in [0.3, 0.4) is 0 Å². The quantitative estimate of drug-likeness (QED) is 0.603. The zero-order valence-corrected chi connectivity index (χ0v) is 12.0. The molecule has 0 unspecified atom stereocenters. The molecule has 124 valence electrons. The molecule has 0 spiro atoms. The molecule has 3 nitrogen and oxygen atoms in total. The minimum absolute atomic E-state index is 0.0488. The molecule has 2 aromatic carbocycles. The first-order chi connectivity index (χ1) is 11.4. The molecule has 0 fully saturated rings. The maximum atomic E-state index is 13.9. The number of hydrogen-bond acceptors (Lipinski definition) is 2. The van der Waals surface area contributed by atoms with Crippen LogP contribution in [-0.4, -0.2) is 11.6 Å². The fraction of sp³-hybridized carbons (Fsp3) is 0.125. The van der Waals surface area contributed by atoms with Gasteiger partial charge in [0.1, 0.15) is 11.5 Å². The molecule has 2 aromatic rings. The first-order valence-corrected chi connectivity index (χ1v) is 6.88. The van der Waals surface area contributed by atoms with Crippen LogP contribution in [0.15, 0.2) is 35.4 Å². The number of nitrogens with zero attached hydrogens (tertiary/aromatic N) is 2. The standard InChI is InChI=1S/C16H9F5N2O/c17-9-3-1-8(2-4-9)12-5-6-13(24)23(22-12)16-14(20)10(18)7-11(19)15(16)21/h1-4,7H,5-6H2. The van der Waals surface area contributed by atoms with Crippen LogP contribution < -0.4 is 5.01 Å². The Morgan fingerprint density at radius 3 is 2.04 bits per heavy atom. The molecule has 0 radical (unpaired) electrons. The normalized spacial score (nSPS) is 14.8. The van der Waals surface area contributed by atoms with Crippen molar-refractivity contribution in [3.63, 3.8) is 0 Å². The Bertz CT molecular complexity index is 822. The van der Waals surface area contributed by atoms with E-state index in [1.165, 1.54) is 12.1 Å². The number of carbonyl (C=O) groups is 1. The highest BCUT2D eigenvalue weighted by atomic mass is 19.2. The van der Waals surface area contributed by atoms with Crippen LogP contribution in [0, 0.1) is 29.1 Å². The van der Waals surface area contributed by atoms with Crippen molar-refractivity contribution in [3.8, 4) is 0 Å². The summed E-state index contributed by atoms with van der Waals surface area (Å²) < 4.78 is 67.5. The summed E-state index contributed by atoms with van der Waals surface area (Å²) in [5, 5.41) is 4.11. The smallest absolute Gasteiger partial charge is 0.247 e. The predicted octanol–water partition coefficient (Wildman–Crippen LogP) is 3.91. The first kappa shape index (κ1) is 16.1. The topological polar surface area (TPSA) is 32.7 Å². The number of hydrazone groups is 1. The van der Waals surface area contributed by atoms with Gasteiger partial charge in [0.15, 0.2) is 23.3 Å². The molecule has 3 rings (SSSR count). The molecule has 0 bridgehead atoms. The Hall–Kier alpha value is -2.77. The van der Waals surface area contributed by atoms with Crippen LogP contribution in [-0.2, 0) is 4.79 Å². The van der Waals surface area contributed by atoms with Gasteiger partial charge in [-0.05, 0) is 17.7 Å². The van der Waals surface area contributed by atoms with Gasteiger partial charge in [-0.15, -0.1) is 0 Å². The summed E-state index contributed by atoms with van der Waals surface area (Å²) in [5.41, 5.74) is -0.554. The second-order valence-corrected chi connectivity index (χ2v) is 5.08. The van der Waals surface area contributed by atoms with Crippen LogP contribution in [0.4, 0.5) is 27.6 Å². The summed E-state index contributed by atoms with van der Waals surface area (Å²) in [6.07, 6.45) is -0.0325. The highest BCUT2D eigenvalue weighted by Crippen LogP contribution is 2.31. The van der Waals surface area contributed by atoms with E-state index in [-0.39, 0.29) is 24.6 Å². The monoisotopic (exact) mass is 340 g/mol. The summed E-state index contributed by atoms with van der Waals surface area (Å²) in [6.45, 7) is 0. The van der Waals surface area contributed by atoms with Crippen molar-refractivity contribution >= 4 is 17.3 Å². The molecule has 0 aromatic heterocycles. The maximum absolute atomic E-state index is 13.9. The van der Waals surface area contributed by atoms with Crippen molar-refractivity contribution in [1.29, 1.82) is 0 Å². The van der Waals surface area contributed by atoms with E-state index >= 15 is 0 Å². The minimum Gasteiger partial charge on any atom is -0.273 e. The second kappa shape index (κ2) is 6.03. The van der Waals surface area contributed by atoms with Gasteiger partial charge >= 0.3 is 0 Å². The zero-order chi connectivity index (χ0) is 17.4. The number of hydrogen-bond donors (Lipinski definition) is 0. The Kier molecular flexibility index (Phi) is 4.04. The van der Waals surface area contributed by atoms with Gasteiger partial charge in [-0.3, -0.25) is 4.79 Å². The Labute approximate surface area is 133 Å². The van der Waals surface area contributed by atoms with Gasteiger partial charge < -0.3 is 0 Å². The van der Waals surface area contributed by atoms with Gasteiger partial charge in [0.25, 0.3) is 0 Å². The fourth-order valence-electron chi connectivity index (χ4n) is 2.32. The third kappa shape index (κ3) is 2.75. The third-order valence-electron chi connectivity index (χ3n) is 3.51. The Morgan fingerprint density at radius 2 is 1.46 bits per heavy atom. The molecule has 8 heteroatoms. The van der Waals surface area contributed by atoms with E-state index in [1.807, 2.05) is 0 Å². The summed E-state index contributed by atoms with van der Waals surface area (Å²) in [6, 6.07) is 5.11. The van der Waals surface area contributed by atoms with Crippen LogP contribution in [0.5, 0.6) is 0 Å². The van der Waals surface area contributed by atoms with Crippen molar-refractivity contribution in [3.05, 3.63) is 65.0 Å². The van der Waals surface area contributed by atoms with Gasteiger partial charge in [-0.2, -0.15) is 10.1 Å². The van der Waals surface area contributed by atoms with E-state index in [1.54, 1.807) is 0 Å². The summed E-state index contributed by atoms with van der Waals surface area (Å²) in [5.74, 6) is -8.02.